The van der Waals surface area contributed by atoms with E-state index in [1.54, 1.807) is 4.31 Å². The SMILES string of the molecule is CC(C)CCN1CC(C)(C)NCCS1(=O)=O. The van der Waals surface area contributed by atoms with E-state index in [0.29, 0.717) is 25.6 Å². The first-order valence-electron chi connectivity index (χ1n) is 5.96. The summed E-state index contributed by atoms with van der Waals surface area (Å²) >= 11 is 0. The lowest BCUT2D eigenvalue weighted by atomic mass is 10.1. The van der Waals surface area contributed by atoms with Crippen LogP contribution in [0.3, 0.4) is 0 Å². The summed E-state index contributed by atoms with van der Waals surface area (Å²) in [7, 11) is -3.06. The maximum atomic E-state index is 12.0. The number of rotatable bonds is 3. The Labute approximate surface area is 99.5 Å². The monoisotopic (exact) mass is 248 g/mol. The van der Waals surface area contributed by atoms with Crippen molar-refractivity contribution in [3.05, 3.63) is 0 Å². The van der Waals surface area contributed by atoms with E-state index in [0.717, 1.165) is 6.42 Å². The van der Waals surface area contributed by atoms with Gasteiger partial charge in [-0.1, -0.05) is 13.8 Å². The Morgan fingerprint density at radius 1 is 1.38 bits per heavy atom. The molecule has 0 aromatic heterocycles. The second kappa shape index (κ2) is 5.02. The van der Waals surface area contributed by atoms with Crippen LogP contribution < -0.4 is 5.32 Å². The van der Waals surface area contributed by atoms with E-state index < -0.39 is 10.0 Å². The van der Waals surface area contributed by atoms with Crippen LogP contribution >= 0.6 is 0 Å². The van der Waals surface area contributed by atoms with Crippen LogP contribution in [0, 0.1) is 5.92 Å². The maximum absolute atomic E-state index is 12.0. The van der Waals surface area contributed by atoms with Crippen molar-refractivity contribution in [2.75, 3.05) is 25.4 Å². The van der Waals surface area contributed by atoms with E-state index in [2.05, 4.69) is 33.0 Å². The summed E-state index contributed by atoms with van der Waals surface area (Å²) in [6.07, 6.45) is 0.926. The molecule has 0 amide bonds. The highest BCUT2D eigenvalue weighted by molar-refractivity contribution is 7.89. The summed E-state index contributed by atoms with van der Waals surface area (Å²) in [6.45, 7) is 10.1. The summed E-state index contributed by atoms with van der Waals surface area (Å²) < 4.78 is 25.6. The van der Waals surface area contributed by atoms with Crippen molar-refractivity contribution in [1.29, 1.82) is 0 Å². The highest BCUT2D eigenvalue weighted by Crippen LogP contribution is 2.15. The number of hydrogen-bond acceptors (Lipinski definition) is 3. The molecule has 0 saturated carbocycles. The van der Waals surface area contributed by atoms with Crippen molar-refractivity contribution >= 4 is 10.0 Å². The Bertz CT molecular complexity index is 323. The Balaban J connectivity index is 2.74. The van der Waals surface area contributed by atoms with Gasteiger partial charge < -0.3 is 5.32 Å². The molecule has 1 aliphatic rings. The van der Waals surface area contributed by atoms with Gasteiger partial charge in [-0.15, -0.1) is 0 Å². The van der Waals surface area contributed by atoms with Gasteiger partial charge in [0.2, 0.25) is 10.0 Å². The predicted molar refractivity (Wildman–Crippen MR) is 66.9 cm³/mol. The maximum Gasteiger partial charge on any atom is 0.215 e. The van der Waals surface area contributed by atoms with Crippen molar-refractivity contribution < 1.29 is 8.42 Å². The lowest BCUT2D eigenvalue weighted by Crippen LogP contribution is -2.47. The van der Waals surface area contributed by atoms with E-state index in [4.69, 9.17) is 0 Å². The first kappa shape index (κ1) is 13.9. The normalized spacial score (nSPS) is 25.6. The lowest BCUT2D eigenvalue weighted by molar-refractivity contribution is 0.293. The van der Waals surface area contributed by atoms with Gasteiger partial charge in [-0.2, -0.15) is 0 Å². The third-order valence-electron chi connectivity index (χ3n) is 2.88. The number of sulfonamides is 1. The van der Waals surface area contributed by atoms with Crippen LogP contribution in [-0.4, -0.2) is 43.6 Å². The van der Waals surface area contributed by atoms with Crippen molar-refractivity contribution in [3.8, 4) is 0 Å². The van der Waals surface area contributed by atoms with Crippen LogP contribution in [0.2, 0.25) is 0 Å². The van der Waals surface area contributed by atoms with Gasteiger partial charge in [-0.25, -0.2) is 12.7 Å². The molecule has 1 heterocycles. The van der Waals surface area contributed by atoms with Crippen molar-refractivity contribution in [2.24, 2.45) is 5.92 Å². The van der Waals surface area contributed by atoms with E-state index in [1.807, 2.05) is 0 Å². The minimum atomic E-state index is -3.06. The van der Waals surface area contributed by atoms with E-state index >= 15 is 0 Å². The topological polar surface area (TPSA) is 49.4 Å². The average molecular weight is 248 g/mol. The summed E-state index contributed by atoms with van der Waals surface area (Å²) in [4.78, 5) is 0. The zero-order chi connectivity index (χ0) is 12.4. The second-order valence-corrected chi connectivity index (χ2v) is 7.73. The molecular formula is C11H24N2O2S. The molecular weight excluding hydrogens is 224 g/mol. The number of nitrogens with one attached hydrogen (secondary N) is 1. The zero-order valence-electron chi connectivity index (χ0n) is 10.8. The fourth-order valence-corrected chi connectivity index (χ4v) is 3.38. The van der Waals surface area contributed by atoms with E-state index in [1.165, 1.54) is 0 Å². The molecule has 1 N–H and O–H groups in total. The minimum absolute atomic E-state index is 0.124. The zero-order valence-corrected chi connectivity index (χ0v) is 11.6. The standard InChI is InChI=1S/C11H24N2O2S/c1-10(2)5-7-13-9-11(3,4)12-6-8-16(13,14)15/h10,12H,5-9H2,1-4H3. The third kappa shape index (κ3) is 4.03. The summed E-state index contributed by atoms with van der Waals surface area (Å²) in [5.74, 6) is 0.753. The summed E-state index contributed by atoms with van der Waals surface area (Å²) in [6, 6.07) is 0. The molecule has 0 bridgehead atoms. The molecule has 1 saturated heterocycles. The molecule has 0 aromatic carbocycles. The fraction of sp³-hybridized carbons (Fsp3) is 1.00. The third-order valence-corrected chi connectivity index (χ3v) is 4.70. The van der Waals surface area contributed by atoms with Crippen LogP contribution in [0.15, 0.2) is 0 Å². The molecule has 1 rings (SSSR count). The molecule has 5 heteroatoms. The Morgan fingerprint density at radius 3 is 2.56 bits per heavy atom. The first-order valence-corrected chi connectivity index (χ1v) is 7.57. The largest absolute Gasteiger partial charge is 0.309 e. The van der Waals surface area contributed by atoms with Gasteiger partial charge in [-0.3, -0.25) is 0 Å². The van der Waals surface area contributed by atoms with Crippen LogP contribution in [0.25, 0.3) is 0 Å². The van der Waals surface area contributed by atoms with Crippen molar-refractivity contribution in [3.63, 3.8) is 0 Å². The lowest BCUT2D eigenvalue weighted by Gasteiger charge is -2.29. The first-order chi connectivity index (χ1) is 7.23. The van der Waals surface area contributed by atoms with Gasteiger partial charge in [-0.05, 0) is 26.2 Å². The van der Waals surface area contributed by atoms with Gasteiger partial charge in [0.15, 0.2) is 0 Å². The van der Waals surface area contributed by atoms with Crippen molar-refractivity contribution in [2.45, 2.75) is 39.7 Å². The number of nitrogens with zero attached hydrogens (tertiary/aromatic N) is 1. The summed E-state index contributed by atoms with van der Waals surface area (Å²) in [5.41, 5.74) is -0.124. The molecule has 0 spiro atoms. The van der Waals surface area contributed by atoms with Crippen molar-refractivity contribution in [1.82, 2.24) is 9.62 Å². The molecule has 0 aliphatic carbocycles. The minimum Gasteiger partial charge on any atom is -0.309 e. The predicted octanol–water partition coefficient (Wildman–Crippen LogP) is 1.05. The molecule has 1 aliphatic heterocycles. The molecule has 96 valence electrons. The van der Waals surface area contributed by atoms with Crippen LogP contribution in [0.4, 0.5) is 0 Å². The smallest absolute Gasteiger partial charge is 0.215 e. The highest BCUT2D eigenvalue weighted by atomic mass is 32.2. The van der Waals surface area contributed by atoms with E-state index in [-0.39, 0.29) is 11.3 Å². The molecule has 0 radical (unpaired) electrons. The Hall–Kier alpha value is -0.130. The Kier molecular flexibility index (Phi) is 4.37. The molecule has 0 aromatic rings. The van der Waals surface area contributed by atoms with Gasteiger partial charge in [0.25, 0.3) is 0 Å². The van der Waals surface area contributed by atoms with Gasteiger partial charge >= 0.3 is 0 Å². The summed E-state index contributed by atoms with van der Waals surface area (Å²) in [5, 5.41) is 3.27. The van der Waals surface area contributed by atoms with Crippen LogP contribution in [0.5, 0.6) is 0 Å². The number of hydrogen-bond donors (Lipinski definition) is 1. The van der Waals surface area contributed by atoms with Gasteiger partial charge in [0.1, 0.15) is 0 Å². The molecule has 0 unspecified atom stereocenters. The highest BCUT2D eigenvalue weighted by Gasteiger charge is 2.32. The quantitative estimate of drug-likeness (QED) is 0.812. The van der Waals surface area contributed by atoms with Crippen LogP contribution in [-0.2, 0) is 10.0 Å². The molecule has 4 nitrogen and oxygen atoms in total. The second-order valence-electron chi connectivity index (χ2n) is 5.64. The molecule has 0 atom stereocenters. The van der Waals surface area contributed by atoms with E-state index in [9.17, 15) is 8.42 Å². The molecule has 1 fully saturated rings. The van der Waals surface area contributed by atoms with Gasteiger partial charge in [0.05, 0.1) is 5.75 Å². The van der Waals surface area contributed by atoms with Crippen LogP contribution in [0.1, 0.15) is 34.1 Å². The Morgan fingerprint density at radius 2 is 2.00 bits per heavy atom. The fourth-order valence-electron chi connectivity index (χ4n) is 1.86. The molecule has 16 heavy (non-hydrogen) atoms. The van der Waals surface area contributed by atoms with Gasteiger partial charge in [0, 0.05) is 25.2 Å². The average Bonchev–Trinajstić information content (AvgIpc) is 2.19.